The summed E-state index contributed by atoms with van der Waals surface area (Å²) in [6.45, 7) is 0.331. The third kappa shape index (κ3) is 5.47. The van der Waals surface area contributed by atoms with E-state index in [0.717, 1.165) is 5.01 Å². The van der Waals surface area contributed by atoms with E-state index in [-0.39, 0.29) is 18.1 Å². The van der Waals surface area contributed by atoms with Crippen molar-refractivity contribution in [2.24, 2.45) is 23.1 Å². The quantitative estimate of drug-likeness (QED) is 0.313. The lowest BCUT2D eigenvalue weighted by Crippen LogP contribution is -2.41. The minimum atomic E-state index is -1.14. The van der Waals surface area contributed by atoms with Crippen molar-refractivity contribution in [2.45, 2.75) is 18.9 Å². The Morgan fingerprint density at radius 3 is 2.87 bits per heavy atom. The third-order valence-corrected chi connectivity index (χ3v) is 2.81. The molecule has 1 heterocycles. The Kier molecular flexibility index (Phi) is 6.80. The fourth-order valence-corrected chi connectivity index (χ4v) is 1.60. The number of hydrogen-bond acceptors (Lipinski definition) is 7. The number of nitrogens with one attached hydrogen (secondary N) is 1. The van der Waals surface area contributed by atoms with Gasteiger partial charge in [0.2, 0.25) is 6.41 Å². The SMILES string of the molecule is CN(C=O)/N=N\c1nc(C(=O)NC(CCCN)C(=O)O)cn1C. The van der Waals surface area contributed by atoms with Gasteiger partial charge in [0.1, 0.15) is 11.7 Å². The van der Waals surface area contributed by atoms with Gasteiger partial charge in [-0.2, -0.15) is 0 Å². The molecule has 4 N–H and O–H groups in total. The van der Waals surface area contributed by atoms with E-state index in [0.29, 0.717) is 19.4 Å². The van der Waals surface area contributed by atoms with Gasteiger partial charge in [0.05, 0.1) is 0 Å². The maximum absolute atomic E-state index is 12.1. The van der Waals surface area contributed by atoms with Crippen LogP contribution in [-0.2, 0) is 16.6 Å². The summed E-state index contributed by atoms with van der Waals surface area (Å²) in [6.07, 6.45) is 2.53. The molecule has 1 aromatic rings. The lowest BCUT2D eigenvalue weighted by Gasteiger charge is -2.12. The van der Waals surface area contributed by atoms with Gasteiger partial charge < -0.3 is 20.7 Å². The molecule has 1 atom stereocenters. The van der Waals surface area contributed by atoms with Crippen LogP contribution in [0.3, 0.4) is 0 Å². The molecule has 126 valence electrons. The summed E-state index contributed by atoms with van der Waals surface area (Å²) in [7, 11) is 2.98. The third-order valence-electron chi connectivity index (χ3n) is 2.81. The van der Waals surface area contributed by atoms with Crippen molar-refractivity contribution in [1.82, 2.24) is 19.9 Å². The molecule has 2 amide bonds. The number of imidazole rings is 1. The Bertz CT molecular complexity index is 598. The number of aryl methyl sites for hydroxylation is 1. The van der Waals surface area contributed by atoms with Gasteiger partial charge in [-0.15, -0.1) is 0 Å². The molecule has 23 heavy (non-hydrogen) atoms. The van der Waals surface area contributed by atoms with Crippen LogP contribution in [0.25, 0.3) is 0 Å². The largest absolute Gasteiger partial charge is 0.480 e. The number of carbonyl (C=O) groups excluding carboxylic acids is 2. The van der Waals surface area contributed by atoms with Crippen LogP contribution in [0.4, 0.5) is 5.95 Å². The van der Waals surface area contributed by atoms with Crippen LogP contribution in [0.15, 0.2) is 16.5 Å². The number of amides is 2. The summed E-state index contributed by atoms with van der Waals surface area (Å²) in [4.78, 5) is 37.5. The normalized spacial score (nSPS) is 12.1. The number of carboxylic acids is 1. The van der Waals surface area contributed by atoms with E-state index in [9.17, 15) is 14.4 Å². The maximum atomic E-state index is 12.1. The number of aliphatic carboxylic acids is 1. The van der Waals surface area contributed by atoms with Gasteiger partial charge in [0.15, 0.2) is 0 Å². The molecule has 0 radical (unpaired) electrons. The van der Waals surface area contributed by atoms with Crippen LogP contribution in [0.2, 0.25) is 0 Å². The first-order chi connectivity index (χ1) is 10.9. The second kappa shape index (κ2) is 8.58. The van der Waals surface area contributed by atoms with E-state index in [2.05, 4.69) is 20.6 Å². The molecule has 0 fully saturated rings. The molecule has 11 nitrogen and oxygen atoms in total. The Morgan fingerprint density at radius 2 is 2.30 bits per heavy atom. The van der Waals surface area contributed by atoms with Gasteiger partial charge in [-0.25, -0.2) is 14.8 Å². The van der Waals surface area contributed by atoms with E-state index < -0.39 is 17.9 Å². The fourth-order valence-electron chi connectivity index (χ4n) is 1.60. The van der Waals surface area contributed by atoms with Crippen LogP contribution in [0, 0.1) is 0 Å². The van der Waals surface area contributed by atoms with Crippen LogP contribution in [0.5, 0.6) is 0 Å². The van der Waals surface area contributed by atoms with Crippen LogP contribution >= 0.6 is 0 Å². The molecule has 0 aromatic carbocycles. The summed E-state index contributed by atoms with van der Waals surface area (Å²) < 4.78 is 1.42. The molecule has 0 saturated carbocycles. The van der Waals surface area contributed by atoms with Crippen molar-refractivity contribution in [3.05, 3.63) is 11.9 Å². The van der Waals surface area contributed by atoms with E-state index in [1.54, 1.807) is 7.05 Å². The summed E-state index contributed by atoms with van der Waals surface area (Å²) in [5, 5.41) is 19.6. The first-order valence-electron chi connectivity index (χ1n) is 6.76. The highest BCUT2D eigenvalue weighted by Crippen LogP contribution is 2.12. The highest BCUT2D eigenvalue weighted by Gasteiger charge is 2.22. The first-order valence-corrected chi connectivity index (χ1v) is 6.76. The summed E-state index contributed by atoms with van der Waals surface area (Å²) in [5.74, 6) is -1.69. The van der Waals surface area contributed by atoms with E-state index in [1.807, 2.05) is 0 Å². The molecule has 1 unspecified atom stereocenters. The molecular weight excluding hydrogens is 306 g/mol. The van der Waals surface area contributed by atoms with Crippen molar-refractivity contribution in [2.75, 3.05) is 13.6 Å². The Hall–Kier alpha value is -2.82. The zero-order chi connectivity index (χ0) is 17.4. The minimum absolute atomic E-state index is 0.00537. The zero-order valence-electron chi connectivity index (χ0n) is 12.8. The van der Waals surface area contributed by atoms with E-state index in [1.165, 1.54) is 17.8 Å². The van der Waals surface area contributed by atoms with Gasteiger partial charge in [-0.3, -0.25) is 9.59 Å². The predicted molar refractivity (Wildman–Crippen MR) is 78.7 cm³/mol. The number of nitrogens with zero attached hydrogens (tertiary/aromatic N) is 5. The molecular formula is C12H19N7O4. The standard InChI is InChI=1S/C12H19N7O4/c1-18-6-9(15-12(18)16-17-19(2)7-20)10(21)14-8(11(22)23)4-3-5-13/h6-8H,3-5,13H2,1-2H3,(H,14,21)(H,22,23)/b17-16-. The number of carboxylic acid groups (broad SMARTS) is 1. The Balaban J connectivity index is 2.82. The zero-order valence-corrected chi connectivity index (χ0v) is 12.8. The second-order valence-corrected chi connectivity index (χ2v) is 4.70. The van der Waals surface area contributed by atoms with E-state index >= 15 is 0 Å². The van der Waals surface area contributed by atoms with Gasteiger partial charge >= 0.3 is 5.97 Å². The number of nitrogens with two attached hydrogens (primary N) is 1. The molecule has 0 aliphatic rings. The highest BCUT2D eigenvalue weighted by atomic mass is 16.4. The van der Waals surface area contributed by atoms with Crippen LogP contribution < -0.4 is 11.1 Å². The second-order valence-electron chi connectivity index (χ2n) is 4.70. The number of rotatable bonds is 9. The topological polar surface area (TPSA) is 155 Å². The molecule has 0 saturated heterocycles. The van der Waals surface area contributed by atoms with Gasteiger partial charge in [0, 0.05) is 20.3 Å². The average molecular weight is 325 g/mol. The average Bonchev–Trinajstić information content (AvgIpc) is 2.89. The van der Waals surface area contributed by atoms with Gasteiger partial charge in [-0.05, 0) is 19.4 Å². The molecule has 0 aliphatic heterocycles. The minimum Gasteiger partial charge on any atom is -0.480 e. The molecule has 0 aliphatic carbocycles. The molecule has 0 spiro atoms. The highest BCUT2D eigenvalue weighted by molar-refractivity contribution is 5.95. The van der Waals surface area contributed by atoms with Crippen molar-refractivity contribution in [1.29, 1.82) is 0 Å². The van der Waals surface area contributed by atoms with Crippen LogP contribution in [-0.4, -0.2) is 57.6 Å². The monoisotopic (exact) mass is 325 g/mol. The van der Waals surface area contributed by atoms with Crippen molar-refractivity contribution >= 4 is 24.2 Å². The van der Waals surface area contributed by atoms with Crippen LogP contribution in [0.1, 0.15) is 23.3 Å². The fraction of sp³-hybridized carbons (Fsp3) is 0.500. The van der Waals surface area contributed by atoms with Gasteiger partial charge in [-0.1, -0.05) is 10.3 Å². The lowest BCUT2D eigenvalue weighted by molar-refractivity contribution is -0.139. The maximum Gasteiger partial charge on any atom is 0.326 e. The van der Waals surface area contributed by atoms with Crippen molar-refractivity contribution < 1.29 is 19.5 Å². The number of hydrogen-bond donors (Lipinski definition) is 3. The molecule has 1 aromatic heterocycles. The predicted octanol–water partition coefficient (Wildman–Crippen LogP) is -0.571. The number of carbonyl (C=O) groups is 3. The lowest BCUT2D eigenvalue weighted by atomic mass is 10.1. The Morgan fingerprint density at radius 1 is 1.61 bits per heavy atom. The molecule has 0 bridgehead atoms. The number of aromatic nitrogens is 2. The summed E-state index contributed by atoms with van der Waals surface area (Å²) in [6, 6.07) is -1.04. The van der Waals surface area contributed by atoms with Crippen molar-refractivity contribution in [3.63, 3.8) is 0 Å². The van der Waals surface area contributed by atoms with Crippen molar-refractivity contribution in [3.8, 4) is 0 Å². The van der Waals surface area contributed by atoms with Gasteiger partial charge in [0.25, 0.3) is 11.9 Å². The van der Waals surface area contributed by atoms with E-state index in [4.69, 9.17) is 10.8 Å². The first kappa shape index (κ1) is 18.2. The summed E-state index contributed by atoms with van der Waals surface area (Å²) in [5.41, 5.74) is 5.33. The smallest absolute Gasteiger partial charge is 0.326 e. The summed E-state index contributed by atoms with van der Waals surface area (Å²) >= 11 is 0. The Labute approximate surface area is 132 Å². The molecule has 11 heteroatoms. The molecule has 1 rings (SSSR count).